The Kier molecular flexibility index (Phi) is 4.90. The molecule has 2 aromatic rings. The molecule has 5 nitrogen and oxygen atoms in total. The summed E-state index contributed by atoms with van der Waals surface area (Å²) >= 11 is 6.14. The van der Waals surface area contributed by atoms with E-state index in [1.807, 2.05) is 25.1 Å². The van der Waals surface area contributed by atoms with Crippen LogP contribution in [0.5, 0.6) is 0 Å². The van der Waals surface area contributed by atoms with Gasteiger partial charge in [0.1, 0.15) is 5.76 Å². The standard InChI is InChI=1S/C18H19ClN2O3/c1-2-9-21-11-12(10-17(21)22)20-18(23)16-8-7-15(24-16)13-5-3-4-6-14(13)19/h3-8,12H,2,9-11H2,1H3,(H,20,23). The Bertz CT molecular complexity index is 756. The molecule has 0 radical (unpaired) electrons. The molecule has 1 N–H and O–H groups in total. The first kappa shape index (κ1) is 16.6. The van der Waals surface area contributed by atoms with E-state index in [2.05, 4.69) is 5.32 Å². The van der Waals surface area contributed by atoms with Crippen LogP contribution in [-0.4, -0.2) is 35.8 Å². The van der Waals surface area contributed by atoms with Crippen LogP contribution < -0.4 is 5.32 Å². The molecule has 2 heterocycles. The molecule has 1 aliphatic heterocycles. The Morgan fingerprint density at radius 3 is 2.88 bits per heavy atom. The molecule has 1 unspecified atom stereocenters. The fraction of sp³-hybridized carbons (Fsp3) is 0.333. The van der Waals surface area contributed by atoms with Crippen molar-refractivity contribution in [1.82, 2.24) is 10.2 Å². The number of hydrogen-bond acceptors (Lipinski definition) is 3. The number of amides is 2. The van der Waals surface area contributed by atoms with E-state index >= 15 is 0 Å². The van der Waals surface area contributed by atoms with Gasteiger partial charge in [0.2, 0.25) is 5.91 Å². The molecule has 6 heteroatoms. The number of carbonyl (C=O) groups is 2. The molecule has 1 atom stereocenters. The molecule has 3 rings (SSSR count). The average Bonchev–Trinajstić information content (AvgIpc) is 3.16. The molecular weight excluding hydrogens is 328 g/mol. The highest BCUT2D eigenvalue weighted by Gasteiger charge is 2.30. The van der Waals surface area contributed by atoms with Crippen molar-refractivity contribution < 1.29 is 14.0 Å². The Hall–Kier alpha value is -2.27. The van der Waals surface area contributed by atoms with Gasteiger partial charge in [-0.3, -0.25) is 9.59 Å². The van der Waals surface area contributed by atoms with Gasteiger partial charge in [0.05, 0.1) is 11.1 Å². The third-order valence-corrected chi connectivity index (χ3v) is 4.34. The van der Waals surface area contributed by atoms with Crippen LogP contribution in [0.25, 0.3) is 11.3 Å². The molecule has 0 spiro atoms. The summed E-state index contributed by atoms with van der Waals surface area (Å²) in [6.45, 7) is 3.30. The summed E-state index contributed by atoms with van der Waals surface area (Å²) in [6.07, 6.45) is 1.25. The second-order valence-electron chi connectivity index (χ2n) is 5.86. The van der Waals surface area contributed by atoms with Gasteiger partial charge in [0, 0.05) is 25.1 Å². The van der Waals surface area contributed by atoms with Gasteiger partial charge in [-0.2, -0.15) is 0 Å². The molecule has 0 saturated carbocycles. The number of halogens is 1. The number of likely N-dealkylation sites (tertiary alicyclic amines) is 1. The van der Waals surface area contributed by atoms with E-state index in [0.29, 0.717) is 23.7 Å². The highest BCUT2D eigenvalue weighted by Crippen LogP contribution is 2.29. The molecule has 1 aromatic carbocycles. The van der Waals surface area contributed by atoms with Crippen LogP contribution in [0.4, 0.5) is 0 Å². The van der Waals surface area contributed by atoms with E-state index in [1.54, 1.807) is 23.1 Å². The van der Waals surface area contributed by atoms with E-state index in [1.165, 1.54) is 0 Å². The van der Waals surface area contributed by atoms with Crippen molar-refractivity contribution in [2.24, 2.45) is 0 Å². The number of nitrogens with one attached hydrogen (secondary N) is 1. The first-order valence-corrected chi connectivity index (χ1v) is 8.39. The third-order valence-electron chi connectivity index (χ3n) is 4.01. The van der Waals surface area contributed by atoms with Gasteiger partial charge in [-0.05, 0) is 30.7 Å². The number of furan rings is 1. The smallest absolute Gasteiger partial charge is 0.287 e. The van der Waals surface area contributed by atoms with Crippen LogP contribution in [0.3, 0.4) is 0 Å². The zero-order valence-electron chi connectivity index (χ0n) is 13.4. The molecule has 0 bridgehead atoms. The van der Waals surface area contributed by atoms with E-state index in [-0.39, 0.29) is 23.6 Å². The summed E-state index contributed by atoms with van der Waals surface area (Å²) in [6, 6.07) is 10.5. The second-order valence-corrected chi connectivity index (χ2v) is 6.27. The van der Waals surface area contributed by atoms with E-state index < -0.39 is 0 Å². The van der Waals surface area contributed by atoms with Crippen LogP contribution in [0, 0.1) is 0 Å². The van der Waals surface area contributed by atoms with Crippen molar-refractivity contribution in [2.45, 2.75) is 25.8 Å². The first-order chi connectivity index (χ1) is 11.6. The minimum atomic E-state index is -0.315. The van der Waals surface area contributed by atoms with Gasteiger partial charge in [0.25, 0.3) is 5.91 Å². The fourth-order valence-corrected chi connectivity index (χ4v) is 3.11. The summed E-state index contributed by atoms with van der Waals surface area (Å²) in [5.41, 5.74) is 0.739. The maximum absolute atomic E-state index is 12.3. The van der Waals surface area contributed by atoms with Gasteiger partial charge < -0.3 is 14.6 Å². The van der Waals surface area contributed by atoms with Crippen LogP contribution in [0.1, 0.15) is 30.3 Å². The van der Waals surface area contributed by atoms with E-state index in [4.69, 9.17) is 16.0 Å². The summed E-state index contributed by atoms with van der Waals surface area (Å²) in [4.78, 5) is 26.0. The second kappa shape index (κ2) is 7.09. The Morgan fingerprint density at radius 1 is 1.33 bits per heavy atom. The number of nitrogens with zero attached hydrogens (tertiary/aromatic N) is 1. The lowest BCUT2D eigenvalue weighted by atomic mass is 10.2. The average molecular weight is 347 g/mol. The van der Waals surface area contributed by atoms with Gasteiger partial charge in [0.15, 0.2) is 5.76 Å². The molecular formula is C18H19ClN2O3. The van der Waals surface area contributed by atoms with Crippen molar-refractivity contribution in [3.63, 3.8) is 0 Å². The fourth-order valence-electron chi connectivity index (χ4n) is 2.88. The SMILES string of the molecule is CCCN1CC(NC(=O)c2ccc(-c3ccccc3Cl)o2)CC1=O. The lowest BCUT2D eigenvalue weighted by molar-refractivity contribution is -0.127. The first-order valence-electron chi connectivity index (χ1n) is 8.02. The lowest BCUT2D eigenvalue weighted by Crippen LogP contribution is -2.37. The predicted molar refractivity (Wildman–Crippen MR) is 91.9 cm³/mol. The quantitative estimate of drug-likeness (QED) is 0.903. The molecule has 1 saturated heterocycles. The monoisotopic (exact) mass is 346 g/mol. The molecule has 1 fully saturated rings. The number of benzene rings is 1. The zero-order chi connectivity index (χ0) is 17.1. The van der Waals surface area contributed by atoms with Crippen molar-refractivity contribution >= 4 is 23.4 Å². The Labute approximate surface area is 145 Å². The molecule has 24 heavy (non-hydrogen) atoms. The highest BCUT2D eigenvalue weighted by molar-refractivity contribution is 6.33. The Balaban J connectivity index is 1.67. The summed E-state index contributed by atoms with van der Waals surface area (Å²) in [7, 11) is 0. The van der Waals surface area contributed by atoms with E-state index in [0.717, 1.165) is 18.5 Å². The number of rotatable bonds is 5. The maximum atomic E-state index is 12.3. The van der Waals surface area contributed by atoms with Gasteiger partial charge in [-0.25, -0.2) is 0 Å². The van der Waals surface area contributed by atoms with Crippen LogP contribution in [-0.2, 0) is 4.79 Å². The minimum Gasteiger partial charge on any atom is -0.451 e. The van der Waals surface area contributed by atoms with Gasteiger partial charge in [-0.15, -0.1) is 0 Å². The van der Waals surface area contributed by atoms with Crippen LogP contribution in [0.15, 0.2) is 40.8 Å². The van der Waals surface area contributed by atoms with Gasteiger partial charge in [-0.1, -0.05) is 30.7 Å². The number of hydrogen-bond donors (Lipinski definition) is 1. The zero-order valence-corrected chi connectivity index (χ0v) is 14.2. The third kappa shape index (κ3) is 3.46. The number of carbonyl (C=O) groups excluding carboxylic acids is 2. The molecule has 0 aliphatic carbocycles. The van der Waals surface area contributed by atoms with Crippen molar-refractivity contribution in [1.29, 1.82) is 0 Å². The topological polar surface area (TPSA) is 62.6 Å². The summed E-state index contributed by atoms with van der Waals surface area (Å²) in [5.74, 6) is 0.523. The van der Waals surface area contributed by atoms with E-state index in [9.17, 15) is 9.59 Å². The van der Waals surface area contributed by atoms with Crippen molar-refractivity contribution in [3.05, 3.63) is 47.2 Å². The molecule has 1 aliphatic rings. The van der Waals surface area contributed by atoms with Gasteiger partial charge >= 0.3 is 0 Å². The summed E-state index contributed by atoms with van der Waals surface area (Å²) in [5, 5.41) is 3.43. The van der Waals surface area contributed by atoms with Crippen molar-refractivity contribution in [3.8, 4) is 11.3 Å². The molecule has 126 valence electrons. The molecule has 2 amide bonds. The highest BCUT2D eigenvalue weighted by atomic mass is 35.5. The summed E-state index contributed by atoms with van der Waals surface area (Å²) < 4.78 is 5.63. The lowest BCUT2D eigenvalue weighted by Gasteiger charge is -2.15. The largest absolute Gasteiger partial charge is 0.451 e. The Morgan fingerprint density at radius 2 is 2.12 bits per heavy atom. The minimum absolute atomic E-state index is 0.0818. The normalized spacial score (nSPS) is 17.3. The van der Waals surface area contributed by atoms with Crippen molar-refractivity contribution in [2.75, 3.05) is 13.1 Å². The molecule has 1 aromatic heterocycles. The van der Waals surface area contributed by atoms with Crippen LogP contribution >= 0.6 is 11.6 Å². The predicted octanol–water partition coefficient (Wildman–Crippen LogP) is 3.34. The van der Waals surface area contributed by atoms with Crippen LogP contribution in [0.2, 0.25) is 5.02 Å². The maximum Gasteiger partial charge on any atom is 0.287 e.